The van der Waals surface area contributed by atoms with Crippen LogP contribution in [-0.2, 0) is 13.6 Å². The number of hydrogen-bond donors (Lipinski definition) is 1. The van der Waals surface area contributed by atoms with E-state index in [1.54, 1.807) is 20.9 Å². The van der Waals surface area contributed by atoms with E-state index < -0.39 is 5.97 Å². The van der Waals surface area contributed by atoms with Gasteiger partial charge in [-0.2, -0.15) is 5.10 Å². The van der Waals surface area contributed by atoms with E-state index in [9.17, 15) is 9.59 Å². The molecule has 19 heavy (non-hydrogen) atoms. The molecule has 2 aromatic rings. The fourth-order valence-corrected chi connectivity index (χ4v) is 1.94. The Morgan fingerprint density at radius 1 is 1.42 bits per heavy atom. The second-order valence-electron chi connectivity index (χ2n) is 4.30. The van der Waals surface area contributed by atoms with Crippen LogP contribution in [0.4, 0.5) is 0 Å². The second-order valence-corrected chi connectivity index (χ2v) is 4.30. The standard InChI is InChI=1S/C12H14N4O3/c1-7-4-11(17)16(8(2)14-7)6-10-9(12(18)19)5-13-15(10)3/h4-5H,6H2,1-3H3,(H,18,19). The molecule has 0 saturated heterocycles. The van der Waals surface area contributed by atoms with Gasteiger partial charge in [0.1, 0.15) is 11.4 Å². The van der Waals surface area contributed by atoms with Gasteiger partial charge in [-0.25, -0.2) is 9.78 Å². The topological polar surface area (TPSA) is 90.0 Å². The maximum Gasteiger partial charge on any atom is 0.339 e. The molecular formula is C12H14N4O3. The highest BCUT2D eigenvalue weighted by atomic mass is 16.4. The lowest BCUT2D eigenvalue weighted by molar-refractivity contribution is 0.0695. The summed E-state index contributed by atoms with van der Waals surface area (Å²) in [5.41, 5.74) is 0.988. The van der Waals surface area contributed by atoms with Crippen LogP contribution in [0, 0.1) is 13.8 Å². The van der Waals surface area contributed by atoms with Crippen molar-refractivity contribution in [2.24, 2.45) is 7.05 Å². The predicted octanol–water partition coefficient (Wildman–Crippen LogP) is 0.340. The molecule has 0 spiro atoms. The van der Waals surface area contributed by atoms with Gasteiger partial charge in [0.15, 0.2) is 0 Å². The molecule has 0 radical (unpaired) electrons. The highest BCUT2D eigenvalue weighted by Gasteiger charge is 2.16. The fourth-order valence-electron chi connectivity index (χ4n) is 1.94. The number of hydrogen-bond acceptors (Lipinski definition) is 4. The molecule has 7 nitrogen and oxygen atoms in total. The van der Waals surface area contributed by atoms with Gasteiger partial charge in [0, 0.05) is 18.8 Å². The van der Waals surface area contributed by atoms with Gasteiger partial charge >= 0.3 is 5.97 Å². The molecule has 0 aliphatic heterocycles. The Kier molecular flexibility index (Phi) is 3.20. The van der Waals surface area contributed by atoms with Crippen molar-refractivity contribution in [2.75, 3.05) is 0 Å². The summed E-state index contributed by atoms with van der Waals surface area (Å²) < 4.78 is 2.88. The molecule has 0 amide bonds. The zero-order chi connectivity index (χ0) is 14.2. The van der Waals surface area contributed by atoms with Crippen LogP contribution in [-0.4, -0.2) is 30.4 Å². The lowest BCUT2D eigenvalue weighted by atomic mass is 10.2. The number of carboxylic acid groups (broad SMARTS) is 1. The third-order valence-electron chi connectivity index (χ3n) is 2.93. The van der Waals surface area contributed by atoms with E-state index in [0.29, 0.717) is 17.2 Å². The maximum atomic E-state index is 11.9. The predicted molar refractivity (Wildman–Crippen MR) is 67.2 cm³/mol. The lowest BCUT2D eigenvalue weighted by Gasteiger charge is -2.10. The molecule has 1 N–H and O–H groups in total. The minimum atomic E-state index is -1.06. The summed E-state index contributed by atoms with van der Waals surface area (Å²) in [7, 11) is 1.64. The Balaban J connectivity index is 2.51. The Hall–Kier alpha value is -2.44. The van der Waals surface area contributed by atoms with Crippen molar-refractivity contribution in [1.82, 2.24) is 19.3 Å². The quantitative estimate of drug-likeness (QED) is 0.861. The summed E-state index contributed by atoms with van der Waals surface area (Å²) in [5.74, 6) is -0.517. The van der Waals surface area contributed by atoms with E-state index in [2.05, 4.69) is 10.1 Å². The Morgan fingerprint density at radius 2 is 2.11 bits per heavy atom. The fraction of sp³-hybridized carbons (Fsp3) is 0.333. The molecule has 0 fully saturated rings. The highest BCUT2D eigenvalue weighted by Crippen LogP contribution is 2.09. The van der Waals surface area contributed by atoms with Crippen molar-refractivity contribution in [3.63, 3.8) is 0 Å². The molecule has 0 atom stereocenters. The molecule has 100 valence electrons. The Bertz CT molecular complexity index is 699. The summed E-state index contributed by atoms with van der Waals surface area (Å²) in [6, 6.07) is 1.42. The van der Waals surface area contributed by atoms with E-state index in [1.165, 1.54) is 21.5 Å². The van der Waals surface area contributed by atoms with Gasteiger partial charge in [0.25, 0.3) is 5.56 Å². The van der Waals surface area contributed by atoms with Gasteiger partial charge in [-0.15, -0.1) is 0 Å². The summed E-state index contributed by atoms with van der Waals surface area (Å²) in [5, 5.41) is 13.0. The minimum absolute atomic E-state index is 0.0920. The SMILES string of the molecule is Cc1cc(=O)n(Cc2c(C(=O)O)cnn2C)c(C)n1. The van der Waals surface area contributed by atoms with E-state index >= 15 is 0 Å². The molecule has 2 rings (SSSR count). The normalized spacial score (nSPS) is 10.7. The van der Waals surface area contributed by atoms with Crippen molar-refractivity contribution in [2.45, 2.75) is 20.4 Å². The molecule has 2 heterocycles. The Morgan fingerprint density at radius 3 is 2.68 bits per heavy atom. The van der Waals surface area contributed by atoms with Crippen molar-refractivity contribution in [3.8, 4) is 0 Å². The van der Waals surface area contributed by atoms with Crippen LogP contribution >= 0.6 is 0 Å². The average Bonchev–Trinajstić information content (AvgIpc) is 2.65. The summed E-state index contributed by atoms with van der Waals surface area (Å²) in [6.07, 6.45) is 1.28. The van der Waals surface area contributed by atoms with Crippen LogP contribution in [0.3, 0.4) is 0 Å². The van der Waals surface area contributed by atoms with Gasteiger partial charge in [-0.3, -0.25) is 14.0 Å². The number of carbonyl (C=O) groups is 1. The molecule has 0 bridgehead atoms. The molecule has 0 aliphatic rings. The molecule has 0 aromatic carbocycles. The van der Waals surface area contributed by atoms with Crippen molar-refractivity contribution >= 4 is 5.97 Å². The van der Waals surface area contributed by atoms with Crippen LogP contribution in [0.15, 0.2) is 17.1 Å². The zero-order valence-electron chi connectivity index (χ0n) is 10.9. The van der Waals surface area contributed by atoms with Crippen LogP contribution in [0.2, 0.25) is 0 Å². The first-order chi connectivity index (χ1) is 8.90. The number of aromatic carboxylic acids is 1. The smallest absolute Gasteiger partial charge is 0.339 e. The van der Waals surface area contributed by atoms with Gasteiger partial charge in [-0.1, -0.05) is 0 Å². The van der Waals surface area contributed by atoms with Crippen molar-refractivity contribution < 1.29 is 9.90 Å². The van der Waals surface area contributed by atoms with Crippen LogP contribution in [0.25, 0.3) is 0 Å². The molecule has 0 aliphatic carbocycles. The largest absolute Gasteiger partial charge is 0.478 e. The summed E-state index contributed by atoms with van der Waals surface area (Å²) in [6.45, 7) is 3.59. The molecule has 2 aromatic heterocycles. The van der Waals surface area contributed by atoms with Gasteiger partial charge in [0.05, 0.1) is 18.4 Å². The monoisotopic (exact) mass is 262 g/mol. The highest BCUT2D eigenvalue weighted by molar-refractivity contribution is 5.88. The molecule has 7 heteroatoms. The number of aromatic nitrogens is 4. The second kappa shape index (κ2) is 4.68. The average molecular weight is 262 g/mol. The van der Waals surface area contributed by atoms with E-state index in [-0.39, 0.29) is 17.7 Å². The lowest BCUT2D eigenvalue weighted by Crippen LogP contribution is -2.25. The van der Waals surface area contributed by atoms with E-state index in [1.807, 2.05) is 0 Å². The van der Waals surface area contributed by atoms with Crippen molar-refractivity contribution in [3.05, 3.63) is 45.4 Å². The van der Waals surface area contributed by atoms with Crippen molar-refractivity contribution in [1.29, 1.82) is 0 Å². The third kappa shape index (κ3) is 2.40. The van der Waals surface area contributed by atoms with Crippen LogP contribution in [0.1, 0.15) is 27.6 Å². The number of aryl methyl sites for hydroxylation is 3. The summed E-state index contributed by atoms with van der Waals surface area (Å²) in [4.78, 5) is 27.2. The zero-order valence-corrected chi connectivity index (χ0v) is 10.9. The first-order valence-corrected chi connectivity index (χ1v) is 5.69. The van der Waals surface area contributed by atoms with E-state index in [4.69, 9.17) is 5.11 Å². The van der Waals surface area contributed by atoms with E-state index in [0.717, 1.165) is 0 Å². The number of nitrogens with zero attached hydrogens (tertiary/aromatic N) is 4. The number of rotatable bonds is 3. The third-order valence-corrected chi connectivity index (χ3v) is 2.93. The maximum absolute atomic E-state index is 11.9. The van der Waals surface area contributed by atoms with Gasteiger partial charge < -0.3 is 5.11 Å². The minimum Gasteiger partial charge on any atom is -0.478 e. The molecule has 0 unspecified atom stereocenters. The number of carboxylic acids is 1. The summed E-state index contributed by atoms with van der Waals surface area (Å²) >= 11 is 0. The van der Waals surface area contributed by atoms with Crippen LogP contribution in [0.5, 0.6) is 0 Å². The first-order valence-electron chi connectivity index (χ1n) is 5.69. The molecule has 0 saturated carbocycles. The molecular weight excluding hydrogens is 248 g/mol. The Labute approximate surface area is 109 Å². The van der Waals surface area contributed by atoms with Gasteiger partial charge in [-0.05, 0) is 13.8 Å². The first kappa shape index (κ1) is 13.0. The van der Waals surface area contributed by atoms with Gasteiger partial charge in [0.2, 0.25) is 0 Å². The van der Waals surface area contributed by atoms with Crippen LogP contribution < -0.4 is 5.56 Å².